The van der Waals surface area contributed by atoms with Crippen LogP contribution in [0, 0.1) is 10.1 Å². The van der Waals surface area contributed by atoms with Crippen molar-refractivity contribution in [1.82, 2.24) is 0 Å². The third-order valence-corrected chi connectivity index (χ3v) is 4.19. The van der Waals surface area contributed by atoms with Gasteiger partial charge in [-0.1, -0.05) is 12.1 Å². The number of nitro groups is 1. The summed E-state index contributed by atoms with van der Waals surface area (Å²) in [6, 6.07) is 10.2. The van der Waals surface area contributed by atoms with Crippen molar-refractivity contribution in [3.63, 3.8) is 0 Å². The molecule has 0 atom stereocenters. The summed E-state index contributed by atoms with van der Waals surface area (Å²) in [4.78, 5) is 17.2. The minimum absolute atomic E-state index is 0.0449. The zero-order chi connectivity index (χ0) is 17.8. The lowest BCUT2D eigenvalue weighted by Gasteiger charge is -2.19. The number of phenols is 1. The molecule has 3 rings (SSSR count). The zero-order valence-corrected chi connectivity index (χ0v) is 13.9. The first-order valence-electron chi connectivity index (χ1n) is 8.03. The Bertz CT molecular complexity index is 814. The van der Waals surface area contributed by atoms with Crippen LogP contribution in [-0.2, 0) is 0 Å². The van der Waals surface area contributed by atoms with E-state index in [1.807, 2.05) is 24.3 Å². The van der Waals surface area contributed by atoms with Crippen LogP contribution in [0.4, 0.5) is 17.1 Å². The molecule has 1 heterocycles. The zero-order valence-electron chi connectivity index (χ0n) is 13.9. The molecule has 1 aliphatic rings. The molecule has 130 valence electrons. The van der Waals surface area contributed by atoms with Crippen LogP contribution in [0.3, 0.4) is 0 Å². The molecule has 0 unspecified atom stereocenters. The summed E-state index contributed by atoms with van der Waals surface area (Å²) >= 11 is 0. The van der Waals surface area contributed by atoms with E-state index in [-0.39, 0.29) is 22.7 Å². The molecule has 7 heteroatoms. The van der Waals surface area contributed by atoms with E-state index in [1.54, 1.807) is 0 Å². The number of ether oxygens (including phenoxy) is 1. The van der Waals surface area contributed by atoms with E-state index in [2.05, 4.69) is 9.89 Å². The summed E-state index contributed by atoms with van der Waals surface area (Å²) in [5.41, 5.74) is 1.86. The molecule has 1 fully saturated rings. The van der Waals surface area contributed by atoms with Gasteiger partial charge in [0.05, 0.1) is 29.5 Å². The normalized spacial score (nSPS) is 14.2. The van der Waals surface area contributed by atoms with Crippen LogP contribution < -0.4 is 9.64 Å². The molecular weight excluding hydrogens is 322 g/mol. The van der Waals surface area contributed by atoms with Crippen molar-refractivity contribution in [2.24, 2.45) is 4.99 Å². The fraction of sp³-hybridized carbons (Fsp3) is 0.278. The minimum atomic E-state index is -0.530. The largest absolute Gasteiger partial charge is 0.504 e. The number of phenolic OH excluding ortho intramolecular Hbond substituents is 1. The third-order valence-electron chi connectivity index (χ3n) is 4.19. The highest BCUT2D eigenvalue weighted by Crippen LogP contribution is 2.35. The van der Waals surface area contributed by atoms with Gasteiger partial charge in [0.2, 0.25) is 0 Å². The molecule has 0 saturated carbocycles. The van der Waals surface area contributed by atoms with Gasteiger partial charge in [-0.2, -0.15) is 0 Å². The van der Waals surface area contributed by atoms with Gasteiger partial charge in [0.1, 0.15) is 0 Å². The molecule has 0 aliphatic carbocycles. The van der Waals surface area contributed by atoms with Crippen LogP contribution >= 0.6 is 0 Å². The molecule has 1 aliphatic heterocycles. The van der Waals surface area contributed by atoms with Gasteiger partial charge in [-0.05, 0) is 25.0 Å². The van der Waals surface area contributed by atoms with Crippen LogP contribution in [0.5, 0.6) is 11.5 Å². The predicted octanol–water partition coefficient (Wildman–Crippen LogP) is 3.66. The monoisotopic (exact) mass is 341 g/mol. The van der Waals surface area contributed by atoms with Gasteiger partial charge in [-0.3, -0.25) is 15.1 Å². The smallest absolute Gasteiger partial charge is 0.274 e. The first-order chi connectivity index (χ1) is 12.1. The average Bonchev–Trinajstić information content (AvgIpc) is 3.15. The molecule has 0 radical (unpaired) electrons. The Morgan fingerprint density at radius 1 is 1.28 bits per heavy atom. The van der Waals surface area contributed by atoms with Gasteiger partial charge in [-0.15, -0.1) is 0 Å². The first-order valence-corrected chi connectivity index (χ1v) is 8.03. The third kappa shape index (κ3) is 3.55. The van der Waals surface area contributed by atoms with E-state index in [0.717, 1.165) is 37.3 Å². The maximum atomic E-state index is 11.1. The maximum Gasteiger partial charge on any atom is 0.274 e. The molecule has 1 saturated heterocycles. The van der Waals surface area contributed by atoms with Crippen molar-refractivity contribution >= 4 is 23.3 Å². The van der Waals surface area contributed by atoms with Gasteiger partial charge in [0.15, 0.2) is 11.5 Å². The molecule has 25 heavy (non-hydrogen) atoms. The molecule has 2 aromatic carbocycles. The second kappa shape index (κ2) is 7.21. The van der Waals surface area contributed by atoms with Crippen molar-refractivity contribution in [3.05, 3.63) is 52.1 Å². The second-order valence-electron chi connectivity index (χ2n) is 5.78. The standard InChI is InChI=1S/C18H19N3O4/c1-25-17-11-14(21(23)24)10-13(18(17)22)12-19-15-6-2-3-7-16(15)20-8-4-5-9-20/h2-3,6-7,10-12,22H,4-5,8-9H2,1H3. The van der Waals surface area contributed by atoms with E-state index in [4.69, 9.17) is 4.74 Å². The van der Waals surface area contributed by atoms with Crippen molar-refractivity contribution in [2.75, 3.05) is 25.1 Å². The molecular formula is C18H19N3O4. The number of non-ortho nitro benzene ring substituents is 1. The lowest BCUT2D eigenvalue weighted by molar-refractivity contribution is -0.385. The van der Waals surface area contributed by atoms with Crippen molar-refractivity contribution in [1.29, 1.82) is 0 Å². The van der Waals surface area contributed by atoms with Crippen LogP contribution in [0.15, 0.2) is 41.4 Å². The summed E-state index contributed by atoms with van der Waals surface area (Å²) in [7, 11) is 1.35. The van der Waals surface area contributed by atoms with Gasteiger partial charge >= 0.3 is 0 Å². The van der Waals surface area contributed by atoms with Crippen LogP contribution in [0.2, 0.25) is 0 Å². The quantitative estimate of drug-likeness (QED) is 0.509. The summed E-state index contributed by atoms with van der Waals surface area (Å²) in [5.74, 6) is -0.126. The molecule has 0 amide bonds. The average molecular weight is 341 g/mol. The topological polar surface area (TPSA) is 88.2 Å². The van der Waals surface area contributed by atoms with Gasteiger partial charge in [0, 0.05) is 30.9 Å². The van der Waals surface area contributed by atoms with E-state index >= 15 is 0 Å². The first kappa shape index (κ1) is 16.8. The maximum absolute atomic E-state index is 11.1. The van der Waals surface area contributed by atoms with Gasteiger partial charge in [-0.25, -0.2) is 0 Å². The number of aromatic hydroxyl groups is 1. The number of hydrogen-bond donors (Lipinski definition) is 1. The van der Waals surface area contributed by atoms with Gasteiger partial charge in [0.25, 0.3) is 5.69 Å². The SMILES string of the molecule is COc1cc([N+](=O)[O-])cc(C=Nc2ccccc2N2CCCC2)c1O. The molecule has 1 N–H and O–H groups in total. The summed E-state index contributed by atoms with van der Waals surface area (Å²) in [6.07, 6.45) is 3.74. The van der Waals surface area contributed by atoms with Crippen molar-refractivity contribution in [3.8, 4) is 11.5 Å². The molecule has 0 aromatic heterocycles. The lowest BCUT2D eigenvalue weighted by atomic mass is 10.1. The number of aliphatic imine (C=N–C) groups is 1. The number of nitrogens with zero attached hydrogens (tertiary/aromatic N) is 3. The molecule has 0 bridgehead atoms. The van der Waals surface area contributed by atoms with Crippen LogP contribution in [-0.4, -0.2) is 36.4 Å². The lowest BCUT2D eigenvalue weighted by Crippen LogP contribution is -2.17. The Kier molecular flexibility index (Phi) is 4.83. The van der Waals surface area contributed by atoms with E-state index < -0.39 is 4.92 Å². The highest BCUT2D eigenvalue weighted by molar-refractivity contribution is 5.89. The number of nitro benzene ring substituents is 1. The number of benzene rings is 2. The van der Waals surface area contributed by atoms with Crippen molar-refractivity contribution < 1.29 is 14.8 Å². The Balaban J connectivity index is 1.97. The van der Waals surface area contributed by atoms with Crippen LogP contribution in [0.1, 0.15) is 18.4 Å². The summed E-state index contributed by atoms with van der Waals surface area (Å²) < 4.78 is 5.01. The fourth-order valence-electron chi connectivity index (χ4n) is 2.91. The number of rotatable bonds is 5. The second-order valence-corrected chi connectivity index (χ2v) is 5.78. The van der Waals surface area contributed by atoms with Gasteiger partial charge < -0.3 is 14.7 Å². The Hall–Kier alpha value is -3.09. The Labute approximate surface area is 145 Å². The Morgan fingerprint density at radius 2 is 2.00 bits per heavy atom. The molecule has 0 spiro atoms. The predicted molar refractivity (Wildman–Crippen MR) is 96.5 cm³/mol. The summed E-state index contributed by atoms with van der Waals surface area (Å²) in [5, 5.41) is 21.3. The highest BCUT2D eigenvalue weighted by Gasteiger charge is 2.17. The highest BCUT2D eigenvalue weighted by atomic mass is 16.6. The van der Waals surface area contributed by atoms with Crippen molar-refractivity contribution in [2.45, 2.75) is 12.8 Å². The van der Waals surface area contributed by atoms with E-state index in [0.29, 0.717) is 0 Å². The Morgan fingerprint density at radius 3 is 2.68 bits per heavy atom. The minimum Gasteiger partial charge on any atom is -0.504 e. The van der Waals surface area contributed by atoms with E-state index in [1.165, 1.54) is 25.5 Å². The number of para-hydroxylation sites is 2. The van der Waals surface area contributed by atoms with Crippen LogP contribution in [0.25, 0.3) is 0 Å². The number of methoxy groups -OCH3 is 1. The molecule has 2 aromatic rings. The number of anilines is 1. The fourth-order valence-corrected chi connectivity index (χ4v) is 2.91. The summed E-state index contributed by atoms with van der Waals surface area (Å²) in [6.45, 7) is 1.98. The van der Waals surface area contributed by atoms with E-state index in [9.17, 15) is 15.2 Å². The molecule has 7 nitrogen and oxygen atoms in total. The number of hydrogen-bond acceptors (Lipinski definition) is 6.